The van der Waals surface area contributed by atoms with Crippen molar-refractivity contribution in [3.8, 4) is 0 Å². The van der Waals surface area contributed by atoms with Crippen molar-refractivity contribution in [2.75, 3.05) is 22.9 Å². The Hall–Kier alpha value is -3.09. The lowest BCUT2D eigenvalue weighted by molar-refractivity contribution is -0.126. The number of nitrogens with one attached hydrogen (secondary N) is 1. The zero-order valence-electron chi connectivity index (χ0n) is 15.1. The molecule has 0 saturated carbocycles. The Morgan fingerprint density at radius 3 is 2.89 bits per heavy atom. The fraction of sp³-hybridized carbons (Fsp3) is 0.350. The Morgan fingerprint density at radius 2 is 2.15 bits per heavy atom. The van der Waals surface area contributed by atoms with Gasteiger partial charge in [-0.25, -0.2) is 0 Å². The minimum Gasteiger partial charge on any atom is -0.467 e. The van der Waals surface area contributed by atoms with E-state index in [4.69, 9.17) is 4.42 Å². The van der Waals surface area contributed by atoms with Crippen molar-refractivity contribution in [2.45, 2.75) is 26.3 Å². The fourth-order valence-electron chi connectivity index (χ4n) is 3.75. The van der Waals surface area contributed by atoms with Crippen molar-refractivity contribution in [1.29, 1.82) is 0 Å². The van der Waals surface area contributed by atoms with Crippen LogP contribution in [0.5, 0.6) is 0 Å². The Morgan fingerprint density at radius 1 is 1.30 bits per heavy atom. The van der Waals surface area contributed by atoms with Gasteiger partial charge in [0.1, 0.15) is 5.76 Å². The topological polar surface area (TPSA) is 82.9 Å². The van der Waals surface area contributed by atoms with Crippen LogP contribution in [0, 0.1) is 5.92 Å². The first-order valence-electron chi connectivity index (χ1n) is 9.04. The molecule has 1 aromatic heterocycles. The smallest absolute Gasteiger partial charge is 0.227 e. The molecule has 1 N–H and O–H groups in total. The number of anilines is 2. The molecule has 2 aliphatic rings. The Kier molecular flexibility index (Phi) is 4.43. The number of benzene rings is 1. The summed E-state index contributed by atoms with van der Waals surface area (Å²) in [7, 11) is 0. The monoisotopic (exact) mass is 367 g/mol. The van der Waals surface area contributed by atoms with Crippen LogP contribution in [0.15, 0.2) is 41.0 Å². The lowest BCUT2D eigenvalue weighted by atomic mass is 10.1. The van der Waals surface area contributed by atoms with E-state index in [9.17, 15) is 14.4 Å². The molecule has 1 fully saturated rings. The largest absolute Gasteiger partial charge is 0.467 e. The third-order valence-electron chi connectivity index (χ3n) is 5.16. The highest BCUT2D eigenvalue weighted by molar-refractivity contribution is 6.01. The number of carbonyl (C=O) groups is 3. The molecular weight excluding hydrogens is 346 g/mol. The number of hydrogen-bond acceptors (Lipinski definition) is 4. The van der Waals surface area contributed by atoms with Gasteiger partial charge in [-0.15, -0.1) is 0 Å². The molecule has 0 spiro atoms. The summed E-state index contributed by atoms with van der Waals surface area (Å²) in [5, 5.41) is 2.82. The van der Waals surface area contributed by atoms with Crippen LogP contribution in [-0.4, -0.2) is 30.8 Å². The van der Waals surface area contributed by atoms with E-state index in [1.165, 1.54) is 0 Å². The quantitative estimate of drug-likeness (QED) is 0.894. The van der Waals surface area contributed by atoms with Crippen molar-refractivity contribution < 1.29 is 18.8 Å². The van der Waals surface area contributed by atoms with E-state index in [0.29, 0.717) is 25.4 Å². The van der Waals surface area contributed by atoms with Crippen LogP contribution in [0.25, 0.3) is 0 Å². The number of hydrogen-bond donors (Lipinski definition) is 1. The van der Waals surface area contributed by atoms with Gasteiger partial charge < -0.3 is 19.5 Å². The summed E-state index contributed by atoms with van der Waals surface area (Å²) in [5.41, 5.74) is 2.75. The minimum absolute atomic E-state index is 0.0204. The van der Waals surface area contributed by atoms with E-state index >= 15 is 0 Å². The molecule has 2 aliphatic heterocycles. The molecule has 0 unspecified atom stereocenters. The average Bonchev–Trinajstić information content (AvgIpc) is 3.38. The molecule has 7 heteroatoms. The first-order valence-corrected chi connectivity index (χ1v) is 9.04. The van der Waals surface area contributed by atoms with E-state index < -0.39 is 0 Å². The lowest BCUT2D eigenvalue weighted by Gasteiger charge is -2.19. The van der Waals surface area contributed by atoms with Gasteiger partial charge >= 0.3 is 0 Å². The maximum Gasteiger partial charge on any atom is 0.227 e. The van der Waals surface area contributed by atoms with Gasteiger partial charge in [0.15, 0.2) is 0 Å². The maximum absolute atomic E-state index is 12.5. The van der Waals surface area contributed by atoms with Gasteiger partial charge in [0, 0.05) is 37.8 Å². The van der Waals surface area contributed by atoms with Crippen LogP contribution in [0.3, 0.4) is 0 Å². The third kappa shape index (κ3) is 3.32. The van der Waals surface area contributed by atoms with Crippen molar-refractivity contribution in [3.05, 3.63) is 47.9 Å². The van der Waals surface area contributed by atoms with Crippen molar-refractivity contribution in [2.24, 2.45) is 5.92 Å². The van der Waals surface area contributed by atoms with E-state index in [1.54, 1.807) is 35.1 Å². The van der Waals surface area contributed by atoms with Crippen LogP contribution in [-0.2, 0) is 27.3 Å². The van der Waals surface area contributed by atoms with E-state index in [-0.39, 0.29) is 30.1 Å². The third-order valence-corrected chi connectivity index (χ3v) is 5.16. The Balaban J connectivity index is 1.43. The SMILES string of the molecule is CC(=O)N1CCc2cc(N3C[C@@H](C(=O)NCc4ccco4)CC3=O)ccc21. The standard InChI is InChI=1S/C20H21N3O4/c1-13(24)22-7-6-14-9-16(4-5-18(14)22)23-12-15(10-19(23)25)20(26)21-11-17-3-2-8-27-17/h2-5,8-9,15H,6-7,10-12H2,1H3,(H,21,26)/t15-/m0/s1. The number of nitrogens with zero attached hydrogens (tertiary/aromatic N) is 2. The molecule has 3 heterocycles. The van der Waals surface area contributed by atoms with Crippen molar-refractivity contribution in [1.82, 2.24) is 5.32 Å². The first-order chi connectivity index (χ1) is 13.0. The van der Waals surface area contributed by atoms with Crippen LogP contribution >= 0.6 is 0 Å². The molecule has 140 valence electrons. The van der Waals surface area contributed by atoms with E-state index in [0.717, 1.165) is 23.4 Å². The summed E-state index contributed by atoms with van der Waals surface area (Å²) >= 11 is 0. The summed E-state index contributed by atoms with van der Waals surface area (Å²) in [6, 6.07) is 9.25. The molecule has 1 saturated heterocycles. The van der Waals surface area contributed by atoms with Gasteiger partial charge in [-0.2, -0.15) is 0 Å². The summed E-state index contributed by atoms with van der Waals surface area (Å²) in [5.74, 6) is 0.111. The first kappa shape index (κ1) is 17.3. The predicted molar refractivity (Wildman–Crippen MR) is 99.2 cm³/mol. The van der Waals surface area contributed by atoms with Gasteiger partial charge in [-0.3, -0.25) is 14.4 Å². The maximum atomic E-state index is 12.5. The second kappa shape index (κ2) is 6.90. The molecule has 0 radical (unpaired) electrons. The fourth-order valence-corrected chi connectivity index (χ4v) is 3.75. The molecule has 7 nitrogen and oxygen atoms in total. The lowest BCUT2D eigenvalue weighted by Crippen LogP contribution is -2.32. The van der Waals surface area contributed by atoms with Crippen LogP contribution in [0.2, 0.25) is 0 Å². The zero-order valence-corrected chi connectivity index (χ0v) is 15.1. The molecule has 1 atom stereocenters. The van der Waals surface area contributed by atoms with E-state index in [2.05, 4.69) is 5.32 Å². The molecule has 1 aromatic carbocycles. The van der Waals surface area contributed by atoms with Crippen LogP contribution < -0.4 is 15.1 Å². The molecular formula is C20H21N3O4. The average molecular weight is 367 g/mol. The van der Waals surface area contributed by atoms with Crippen molar-refractivity contribution >= 4 is 29.1 Å². The summed E-state index contributed by atoms with van der Waals surface area (Å²) in [6.45, 7) is 2.90. The van der Waals surface area contributed by atoms with Gasteiger partial charge in [0.25, 0.3) is 0 Å². The Bertz CT molecular complexity index is 891. The Labute approximate surface area is 156 Å². The highest BCUT2D eigenvalue weighted by atomic mass is 16.3. The van der Waals surface area contributed by atoms with Crippen LogP contribution in [0.4, 0.5) is 11.4 Å². The van der Waals surface area contributed by atoms with E-state index in [1.807, 2.05) is 18.2 Å². The number of fused-ring (bicyclic) bond motifs is 1. The zero-order chi connectivity index (χ0) is 19.0. The molecule has 0 aliphatic carbocycles. The summed E-state index contributed by atoms with van der Waals surface area (Å²) < 4.78 is 5.21. The van der Waals surface area contributed by atoms with Crippen molar-refractivity contribution in [3.63, 3.8) is 0 Å². The van der Waals surface area contributed by atoms with Crippen LogP contribution in [0.1, 0.15) is 24.7 Å². The number of rotatable bonds is 4. The predicted octanol–water partition coefficient (Wildman–Crippen LogP) is 1.86. The number of carbonyl (C=O) groups excluding carboxylic acids is 3. The number of amides is 3. The highest BCUT2D eigenvalue weighted by Crippen LogP contribution is 2.34. The second-order valence-corrected chi connectivity index (χ2v) is 6.94. The molecule has 27 heavy (non-hydrogen) atoms. The van der Waals surface area contributed by atoms with Gasteiger partial charge in [0.05, 0.1) is 18.7 Å². The normalized spacial score (nSPS) is 18.7. The minimum atomic E-state index is -0.380. The second-order valence-electron chi connectivity index (χ2n) is 6.94. The molecule has 2 aromatic rings. The molecule has 4 rings (SSSR count). The molecule has 0 bridgehead atoms. The molecule has 3 amide bonds. The van der Waals surface area contributed by atoms with Gasteiger partial charge in [0.2, 0.25) is 17.7 Å². The highest BCUT2D eigenvalue weighted by Gasteiger charge is 2.35. The van der Waals surface area contributed by atoms with Gasteiger partial charge in [-0.05, 0) is 42.3 Å². The van der Waals surface area contributed by atoms with Gasteiger partial charge in [-0.1, -0.05) is 0 Å². The summed E-state index contributed by atoms with van der Waals surface area (Å²) in [4.78, 5) is 39.9. The number of furan rings is 1. The summed E-state index contributed by atoms with van der Waals surface area (Å²) in [6.07, 6.45) is 2.53.